The molecule has 0 bridgehead atoms. The first-order chi connectivity index (χ1) is 9.08. The second-order valence-corrected chi connectivity index (χ2v) is 4.02. The van der Waals surface area contributed by atoms with Gasteiger partial charge < -0.3 is 10.5 Å². The van der Waals surface area contributed by atoms with E-state index in [4.69, 9.17) is 22.6 Å². The average molecular weight is 277 g/mol. The highest BCUT2D eigenvalue weighted by atomic mass is 35.5. The van der Waals surface area contributed by atoms with Crippen LogP contribution in [0, 0.1) is 11.3 Å². The van der Waals surface area contributed by atoms with Crippen LogP contribution in [0.25, 0.3) is 5.69 Å². The van der Waals surface area contributed by atoms with Crippen molar-refractivity contribution in [2.45, 2.75) is 0 Å². The lowest BCUT2D eigenvalue weighted by Crippen LogP contribution is -2.06. The van der Waals surface area contributed by atoms with Gasteiger partial charge in [-0.3, -0.25) is 0 Å². The monoisotopic (exact) mass is 276 g/mol. The number of nitrogens with zero attached hydrogens (tertiary/aromatic N) is 3. The molecular weight excluding hydrogens is 268 g/mol. The number of nitrogens with two attached hydrogens (primary N) is 1. The summed E-state index contributed by atoms with van der Waals surface area (Å²) < 4.78 is 5.89. The average Bonchev–Trinajstić information content (AvgIpc) is 2.79. The maximum absolute atomic E-state index is 11.4. The Bertz CT molecular complexity index is 688. The number of esters is 1. The van der Waals surface area contributed by atoms with Crippen LogP contribution in [0.15, 0.2) is 24.4 Å². The van der Waals surface area contributed by atoms with E-state index in [1.54, 1.807) is 18.2 Å². The summed E-state index contributed by atoms with van der Waals surface area (Å²) in [5.41, 5.74) is 6.53. The zero-order valence-electron chi connectivity index (χ0n) is 9.92. The molecule has 0 amide bonds. The summed E-state index contributed by atoms with van der Waals surface area (Å²) in [7, 11) is 1.24. The molecule has 1 aromatic heterocycles. The maximum Gasteiger partial charge on any atom is 0.360 e. The molecular formula is C12H9ClN4O2. The lowest BCUT2D eigenvalue weighted by atomic mass is 10.2. The number of halogens is 1. The van der Waals surface area contributed by atoms with E-state index >= 15 is 0 Å². The van der Waals surface area contributed by atoms with Crippen molar-refractivity contribution < 1.29 is 9.53 Å². The summed E-state index contributed by atoms with van der Waals surface area (Å²) in [5, 5.41) is 13.4. The van der Waals surface area contributed by atoms with Crippen molar-refractivity contribution >= 4 is 23.3 Å². The van der Waals surface area contributed by atoms with Crippen LogP contribution in [-0.2, 0) is 4.74 Å². The minimum absolute atomic E-state index is 0.00800. The lowest BCUT2D eigenvalue weighted by molar-refractivity contribution is 0.0594. The van der Waals surface area contributed by atoms with Gasteiger partial charge in [0.2, 0.25) is 0 Å². The van der Waals surface area contributed by atoms with Crippen molar-refractivity contribution in [2.24, 2.45) is 0 Å². The molecule has 0 saturated heterocycles. The van der Waals surface area contributed by atoms with E-state index in [9.17, 15) is 4.79 Å². The molecule has 19 heavy (non-hydrogen) atoms. The van der Waals surface area contributed by atoms with Gasteiger partial charge in [0, 0.05) is 0 Å². The molecule has 7 heteroatoms. The molecule has 0 saturated carbocycles. The fourth-order valence-electron chi connectivity index (χ4n) is 1.58. The van der Waals surface area contributed by atoms with Gasteiger partial charge in [0.1, 0.15) is 6.07 Å². The number of rotatable bonds is 2. The fourth-order valence-corrected chi connectivity index (χ4v) is 1.79. The summed E-state index contributed by atoms with van der Waals surface area (Å²) in [4.78, 5) is 11.4. The molecule has 0 unspecified atom stereocenters. The number of benzene rings is 1. The van der Waals surface area contributed by atoms with Gasteiger partial charge in [0.25, 0.3) is 0 Å². The first-order valence-corrected chi connectivity index (χ1v) is 5.58. The molecule has 1 aromatic carbocycles. The second-order valence-electron chi connectivity index (χ2n) is 3.61. The van der Waals surface area contributed by atoms with E-state index in [1.165, 1.54) is 18.0 Å². The smallest absolute Gasteiger partial charge is 0.360 e. The zero-order valence-corrected chi connectivity index (χ0v) is 10.7. The highest BCUT2D eigenvalue weighted by molar-refractivity contribution is 6.32. The van der Waals surface area contributed by atoms with Crippen LogP contribution in [-0.4, -0.2) is 22.9 Å². The van der Waals surface area contributed by atoms with E-state index in [0.29, 0.717) is 10.7 Å². The number of anilines is 1. The zero-order chi connectivity index (χ0) is 14.0. The fraction of sp³-hybridized carbons (Fsp3) is 0.0833. The van der Waals surface area contributed by atoms with E-state index in [0.717, 1.165) is 0 Å². The first kappa shape index (κ1) is 12.9. The Morgan fingerprint density at radius 1 is 1.58 bits per heavy atom. The van der Waals surface area contributed by atoms with E-state index < -0.39 is 5.97 Å². The SMILES string of the molecule is COC(=O)c1nn(-c2cccc(Cl)c2C#N)cc1N. The molecule has 0 atom stereocenters. The number of aromatic nitrogens is 2. The van der Waals surface area contributed by atoms with Crippen molar-refractivity contribution in [2.75, 3.05) is 12.8 Å². The van der Waals surface area contributed by atoms with Crippen LogP contribution in [0.4, 0.5) is 5.69 Å². The molecule has 6 nitrogen and oxygen atoms in total. The van der Waals surface area contributed by atoms with Crippen LogP contribution in [0.1, 0.15) is 16.1 Å². The highest BCUT2D eigenvalue weighted by Crippen LogP contribution is 2.23. The van der Waals surface area contributed by atoms with Gasteiger partial charge in [0.05, 0.1) is 35.3 Å². The Labute approximate surface area is 114 Å². The molecule has 0 spiro atoms. The Morgan fingerprint density at radius 3 is 2.95 bits per heavy atom. The van der Waals surface area contributed by atoms with Gasteiger partial charge in [-0.1, -0.05) is 17.7 Å². The largest absolute Gasteiger partial charge is 0.464 e. The van der Waals surface area contributed by atoms with Gasteiger partial charge in [0.15, 0.2) is 5.69 Å². The van der Waals surface area contributed by atoms with Gasteiger partial charge in [-0.05, 0) is 12.1 Å². The molecule has 0 fully saturated rings. The summed E-state index contributed by atoms with van der Waals surface area (Å²) in [6.45, 7) is 0. The predicted molar refractivity (Wildman–Crippen MR) is 69.0 cm³/mol. The standard InChI is InChI=1S/C12H9ClN4O2/c1-19-12(18)11-9(15)6-17(16-11)10-4-2-3-8(13)7(10)5-14/h2-4,6H,15H2,1H3. The third-order valence-electron chi connectivity index (χ3n) is 2.47. The van der Waals surface area contributed by atoms with Crippen LogP contribution in [0.3, 0.4) is 0 Å². The van der Waals surface area contributed by atoms with Gasteiger partial charge >= 0.3 is 5.97 Å². The summed E-state index contributed by atoms with van der Waals surface area (Å²) in [6, 6.07) is 6.90. The van der Waals surface area contributed by atoms with Crippen molar-refractivity contribution in [3.63, 3.8) is 0 Å². The van der Waals surface area contributed by atoms with Crippen LogP contribution < -0.4 is 5.73 Å². The minimum atomic E-state index is -0.642. The molecule has 0 aliphatic carbocycles. The summed E-state index contributed by atoms with van der Waals surface area (Å²) in [5.74, 6) is -0.642. The number of nitrogen functional groups attached to an aromatic ring is 1. The minimum Gasteiger partial charge on any atom is -0.464 e. The Hall–Kier alpha value is -2.52. The summed E-state index contributed by atoms with van der Waals surface area (Å²) in [6.07, 6.45) is 1.43. The third kappa shape index (κ3) is 2.23. The third-order valence-corrected chi connectivity index (χ3v) is 2.79. The van der Waals surface area contributed by atoms with Crippen molar-refractivity contribution in [3.05, 3.63) is 40.7 Å². The number of carbonyl (C=O) groups excluding carboxylic acids is 1. The molecule has 0 aliphatic heterocycles. The van der Waals surface area contributed by atoms with Crippen molar-refractivity contribution in [1.82, 2.24) is 9.78 Å². The van der Waals surface area contributed by atoms with Crippen LogP contribution in [0.2, 0.25) is 5.02 Å². The molecule has 0 radical (unpaired) electrons. The predicted octanol–water partition coefficient (Wildman–Crippen LogP) is 1.77. The molecule has 2 rings (SSSR count). The normalized spacial score (nSPS) is 9.95. The Kier molecular flexibility index (Phi) is 3.40. The molecule has 2 N–H and O–H groups in total. The van der Waals surface area contributed by atoms with Gasteiger partial charge in [-0.2, -0.15) is 10.4 Å². The number of nitriles is 1. The molecule has 96 valence electrons. The quantitative estimate of drug-likeness (QED) is 0.844. The summed E-state index contributed by atoms with van der Waals surface area (Å²) >= 11 is 5.93. The van der Waals surface area contributed by atoms with E-state index in [1.807, 2.05) is 6.07 Å². The first-order valence-electron chi connectivity index (χ1n) is 5.21. The molecule has 0 aliphatic rings. The molecule has 1 heterocycles. The topological polar surface area (TPSA) is 93.9 Å². The maximum atomic E-state index is 11.4. The number of hydrogen-bond donors (Lipinski definition) is 1. The Morgan fingerprint density at radius 2 is 2.32 bits per heavy atom. The van der Waals surface area contributed by atoms with Crippen molar-refractivity contribution in [1.29, 1.82) is 5.26 Å². The number of methoxy groups -OCH3 is 1. The highest BCUT2D eigenvalue weighted by Gasteiger charge is 2.17. The van der Waals surface area contributed by atoms with Gasteiger partial charge in [-0.15, -0.1) is 0 Å². The number of ether oxygens (including phenoxy) is 1. The van der Waals surface area contributed by atoms with E-state index in [2.05, 4.69) is 9.84 Å². The molecule has 2 aromatic rings. The lowest BCUT2D eigenvalue weighted by Gasteiger charge is -2.04. The van der Waals surface area contributed by atoms with E-state index in [-0.39, 0.29) is 16.9 Å². The van der Waals surface area contributed by atoms with Crippen LogP contribution >= 0.6 is 11.6 Å². The Balaban J connectivity index is 2.59. The number of hydrogen-bond acceptors (Lipinski definition) is 5. The van der Waals surface area contributed by atoms with Crippen molar-refractivity contribution in [3.8, 4) is 11.8 Å². The van der Waals surface area contributed by atoms with Gasteiger partial charge in [-0.25, -0.2) is 9.48 Å². The number of carbonyl (C=O) groups is 1. The second kappa shape index (κ2) is 5.00. The van der Waals surface area contributed by atoms with Crippen LogP contribution in [0.5, 0.6) is 0 Å².